The molecule has 130 valence electrons. The first-order valence-corrected chi connectivity index (χ1v) is 9.22. The molecule has 24 heavy (non-hydrogen) atoms. The average Bonchev–Trinajstić information content (AvgIpc) is 2.54. The molecule has 2 aromatic rings. The van der Waals surface area contributed by atoms with Crippen molar-refractivity contribution in [2.75, 3.05) is 7.11 Å². The summed E-state index contributed by atoms with van der Waals surface area (Å²) in [5.74, 6) is -0.401. The van der Waals surface area contributed by atoms with Crippen LogP contribution >= 0.6 is 0 Å². The van der Waals surface area contributed by atoms with Gasteiger partial charge in [-0.05, 0) is 36.1 Å². The van der Waals surface area contributed by atoms with Crippen molar-refractivity contribution in [3.05, 3.63) is 59.9 Å². The molecule has 2 aromatic carbocycles. The Morgan fingerprint density at radius 3 is 2.33 bits per heavy atom. The smallest absolute Gasteiger partial charge is 0.241 e. The average molecular weight is 351 g/mol. The second-order valence-corrected chi connectivity index (χ2v) is 7.72. The minimum Gasteiger partial charge on any atom is -0.494 e. The topological polar surface area (TPSA) is 55.4 Å². The Balaban J connectivity index is 2.31. The van der Waals surface area contributed by atoms with E-state index in [1.54, 1.807) is 0 Å². The maximum atomic E-state index is 13.8. The molecule has 0 aromatic heterocycles. The highest BCUT2D eigenvalue weighted by Crippen LogP contribution is 2.25. The van der Waals surface area contributed by atoms with Gasteiger partial charge in [0.2, 0.25) is 10.0 Å². The highest BCUT2D eigenvalue weighted by molar-refractivity contribution is 7.89. The van der Waals surface area contributed by atoms with Crippen LogP contribution in [-0.2, 0) is 10.0 Å². The van der Waals surface area contributed by atoms with Gasteiger partial charge in [0.1, 0.15) is 0 Å². The molecule has 0 spiro atoms. The lowest BCUT2D eigenvalue weighted by Gasteiger charge is -2.21. The van der Waals surface area contributed by atoms with Gasteiger partial charge in [0, 0.05) is 6.04 Å². The summed E-state index contributed by atoms with van der Waals surface area (Å²) in [6, 6.07) is 12.6. The number of hydrogen-bond donors (Lipinski definition) is 1. The van der Waals surface area contributed by atoms with Crippen LogP contribution in [0, 0.1) is 11.7 Å². The molecule has 0 bridgehead atoms. The molecule has 4 nitrogen and oxygen atoms in total. The van der Waals surface area contributed by atoms with Crippen molar-refractivity contribution in [3.63, 3.8) is 0 Å². The number of rotatable bonds is 7. The monoisotopic (exact) mass is 351 g/mol. The van der Waals surface area contributed by atoms with Crippen LogP contribution in [0.4, 0.5) is 4.39 Å². The zero-order valence-corrected chi connectivity index (χ0v) is 14.8. The molecular weight excluding hydrogens is 329 g/mol. The van der Waals surface area contributed by atoms with E-state index in [0.717, 1.165) is 11.6 Å². The van der Waals surface area contributed by atoms with Gasteiger partial charge in [0.15, 0.2) is 11.6 Å². The van der Waals surface area contributed by atoms with Crippen LogP contribution in [0.5, 0.6) is 5.75 Å². The van der Waals surface area contributed by atoms with Crippen molar-refractivity contribution in [1.29, 1.82) is 0 Å². The zero-order valence-electron chi connectivity index (χ0n) is 14.0. The van der Waals surface area contributed by atoms with E-state index < -0.39 is 15.8 Å². The molecule has 0 radical (unpaired) electrons. The lowest BCUT2D eigenvalue weighted by molar-refractivity contribution is 0.385. The van der Waals surface area contributed by atoms with Crippen LogP contribution in [0.25, 0.3) is 0 Å². The van der Waals surface area contributed by atoms with Gasteiger partial charge in [-0.15, -0.1) is 0 Å². The van der Waals surface area contributed by atoms with Crippen LogP contribution in [0.1, 0.15) is 31.9 Å². The first kappa shape index (κ1) is 18.4. The minimum absolute atomic E-state index is 0.00994. The number of methoxy groups -OCH3 is 1. The Bertz CT molecular complexity index is 776. The molecule has 1 atom stereocenters. The summed E-state index contributed by atoms with van der Waals surface area (Å²) in [4.78, 5) is -0.120. The molecule has 0 saturated heterocycles. The first-order valence-electron chi connectivity index (χ1n) is 7.74. The molecule has 0 aliphatic carbocycles. The molecular formula is C18H22FNO3S. The third-order valence-electron chi connectivity index (χ3n) is 3.64. The van der Waals surface area contributed by atoms with Gasteiger partial charge >= 0.3 is 0 Å². The van der Waals surface area contributed by atoms with Gasteiger partial charge in [-0.2, -0.15) is 0 Å². The summed E-state index contributed by atoms with van der Waals surface area (Å²) >= 11 is 0. The van der Waals surface area contributed by atoms with Crippen LogP contribution in [0.3, 0.4) is 0 Å². The fourth-order valence-electron chi connectivity index (χ4n) is 2.48. The normalized spacial score (nSPS) is 13.0. The molecule has 0 fully saturated rings. The first-order chi connectivity index (χ1) is 11.3. The van der Waals surface area contributed by atoms with Gasteiger partial charge in [-0.25, -0.2) is 17.5 Å². The summed E-state index contributed by atoms with van der Waals surface area (Å²) in [5, 5.41) is 0. The molecule has 1 N–H and O–H groups in total. The van der Waals surface area contributed by atoms with Crippen molar-refractivity contribution < 1.29 is 17.5 Å². The highest BCUT2D eigenvalue weighted by atomic mass is 32.2. The largest absolute Gasteiger partial charge is 0.494 e. The summed E-state index contributed by atoms with van der Waals surface area (Å²) < 4.78 is 46.6. The Morgan fingerprint density at radius 1 is 1.12 bits per heavy atom. The number of nitrogens with one attached hydrogen (secondary N) is 1. The third kappa shape index (κ3) is 4.55. The number of hydrogen-bond acceptors (Lipinski definition) is 3. The SMILES string of the molecule is COc1ccc(S(=O)(=O)NC(CC(C)C)c2ccccc2)cc1F. The predicted molar refractivity (Wildman–Crippen MR) is 91.9 cm³/mol. The Kier molecular flexibility index (Phi) is 5.96. The van der Waals surface area contributed by atoms with Gasteiger partial charge in [-0.1, -0.05) is 44.2 Å². The molecule has 0 aliphatic rings. The van der Waals surface area contributed by atoms with Gasteiger partial charge in [-0.3, -0.25) is 0 Å². The van der Waals surface area contributed by atoms with Crippen LogP contribution < -0.4 is 9.46 Å². The van der Waals surface area contributed by atoms with Gasteiger partial charge in [0.25, 0.3) is 0 Å². The van der Waals surface area contributed by atoms with Crippen LogP contribution in [-0.4, -0.2) is 15.5 Å². The Hall–Kier alpha value is -1.92. The van der Waals surface area contributed by atoms with E-state index >= 15 is 0 Å². The standard InChI is InChI=1S/C18H22FNO3S/c1-13(2)11-17(14-7-5-4-6-8-14)20-24(21,22)15-9-10-18(23-3)16(19)12-15/h4-10,12-13,17,20H,11H2,1-3H3. The lowest BCUT2D eigenvalue weighted by atomic mass is 9.98. The van der Waals surface area contributed by atoms with E-state index in [4.69, 9.17) is 4.74 Å². The fourth-order valence-corrected chi connectivity index (χ4v) is 3.73. The van der Waals surface area contributed by atoms with Gasteiger partial charge < -0.3 is 4.74 Å². The summed E-state index contributed by atoms with van der Waals surface area (Å²) in [6.07, 6.45) is 0.641. The molecule has 1 unspecified atom stereocenters. The maximum absolute atomic E-state index is 13.8. The zero-order chi connectivity index (χ0) is 17.7. The number of ether oxygens (including phenoxy) is 1. The predicted octanol–water partition coefficient (Wildman–Crippen LogP) is 3.90. The summed E-state index contributed by atoms with van der Waals surface area (Å²) in [5.41, 5.74) is 0.878. The summed E-state index contributed by atoms with van der Waals surface area (Å²) in [6.45, 7) is 4.05. The van der Waals surface area contributed by atoms with E-state index in [1.165, 1.54) is 19.2 Å². The van der Waals surface area contributed by atoms with Crippen LogP contribution in [0.15, 0.2) is 53.4 Å². The molecule has 0 saturated carbocycles. The van der Waals surface area contributed by atoms with E-state index in [1.807, 2.05) is 44.2 Å². The molecule has 2 rings (SSSR count). The highest BCUT2D eigenvalue weighted by Gasteiger charge is 2.23. The van der Waals surface area contributed by atoms with Gasteiger partial charge in [0.05, 0.1) is 12.0 Å². The Morgan fingerprint density at radius 2 is 1.79 bits per heavy atom. The van der Waals surface area contributed by atoms with E-state index in [2.05, 4.69) is 4.72 Å². The van der Waals surface area contributed by atoms with Crippen LogP contribution in [0.2, 0.25) is 0 Å². The molecule has 6 heteroatoms. The van der Waals surface area contributed by atoms with E-state index in [-0.39, 0.29) is 16.7 Å². The van der Waals surface area contributed by atoms with Crippen molar-refractivity contribution in [2.45, 2.75) is 31.2 Å². The fraction of sp³-hybridized carbons (Fsp3) is 0.333. The number of halogens is 1. The second kappa shape index (κ2) is 7.77. The van der Waals surface area contributed by atoms with E-state index in [9.17, 15) is 12.8 Å². The second-order valence-electron chi connectivity index (χ2n) is 6.01. The van der Waals surface area contributed by atoms with Crippen molar-refractivity contribution >= 4 is 10.0 Å². The number of benzene rings is 2. The van der Waals surface area contributed by atoms with Crippen molar-refractivity contribution in [2.24, 2.45) is 5.92 Å². The quantitative estimate of drug-likeness (QED) is 0.823. The summed E-state index contributed by atoms with van der Waals surface area (Å²) in [7, 11) is -2.51. The van der Waals surface area contributed by atoms with Crippen molar-refractivity contribution in [3.8, 4) is 5.75 Å². The molecule has 0 heterocycles. The Labute approximate surface area is 142 Å². The van der Waals surface area contributed by atoms with E-state index in [0.29, 0.717) is 12.3 Å². The third-order valence-corrected chi connectivity index (χ3v) is 5.11. The molecule has 0 amide bonds. The number of sulfonamides is 1. The van der Waals surface area contributed by atoms with Crippen molar-refractivity contribution in [1.82, 2.24) is 4.72 Å². The molecule has 0 aliphatic heterocycles. The maximum Gasteiger partial charge on any atom is 0.241 e. The minimum atomic E-state index is -3.85. The lowest BCUT2D eigenvalue weighted by Crippen LogP contribution is -2.29.